The maximum Gasteiger partial charge on any atom is 0.407 e. The van der Waals surface area contributed by atoms with Gasteiger partial charge in [0.1, 0.15) is 13.2 Å². The lowest BCUT2D eigenvalue weighted by Crippen LogP contribution is -2.55. The minimum atomic E-state index is -1.01. The average molecular weight is 467 g/mol. The summed E-state index contributed by atoms with van der Waals surface area (Å²) in [6, 6.07) is 16.4. The van der Waals surface area contributed by atoms with Crippen molar-refractivity contribution in [2.45, 2.75) is 31.8 Å². The average Bonchev–Trinajstić information content (AvgIpc) is 3.12. The van der Waals surface area contributed by atoms with Crippen LogP contribution in [-0.2, 0) is 19.1 Å². The van der Waals surface area contributed by atoms with Crippen LogP contribution < -0.4 is 5.32 Å². The van der Waals surface area contributed by atoms with Gasteiger partial charge < -0.3 is 24.8 Å². The highest BCUT2D eigenvalue weighted by Gasteiger charge is 2.32. The van der Waals surface area contributed by atoms with Gasteiger partial charge in [-0.25, -0.2) is 9.59 Å². The Labute approximate surface area is 198 Å². The number of carbonyl (C=O) groups excluding carboxylic acids is 2. The molecule has 0 bridgehead atoms. The molecular formula is C26H30N2O6. The third kappa shape index (κ3) is 5.56. The van der Waals surface area contributed by atoms with Crippen LogP contribution in [-0.4, -0.2) is 66.9 Å². The molecule has 1 aliphatic heterocycles. The van der Waals surface area contributed by atoms with Crippen molar-refractivity contribution in [2.75, 3.05) is 32.8 Å². The summed E-state index contributed by atoms with van der Waals surface area (Å²) in [4.78, 5) is 36.7. The number of amides is 2. The second-order valence-corrected chi connectivity index (χ2v) is 8.98. The zero-order valence-corrected chi connectivity index (χ0v) is 19.2. The molecule has 0 spiro atoms. The predicted octanol–water partition coefficient (Wildman–Crippen LogP) is 3.25. The number of benzene rings is 2. The van der Waals surface area contributed by atoms with E-state index in [9.17, 15) is 14.4 Å². The number of nitrogens with zero attached hydrogens (tertiary/aromatic N) is 1. The number of aliphatic carboxylic acids is 1. The molecule has 2 N–H and O–H groups in total. The van der Waals surface area contributed by atoms with Gasteiger partial charge in [-0.15, -0.1) is 0 Å². The van der Waals surface area contributed by atoms with Crippen molar-refractivity contribution in [3.63, 3.8) is 0 Å². The van der Waals surface area contributed by atoms with Gasteiger partial charge in [-0.3, -0.25) is 4.79 Å². The maximum absolute atomic E-state index is 12.3. The fourth-order valence-corrected chi connectivity index (χ4v) is 4.47. The molecule has 1 saturated heterocycles. The van der Waals surface area contributed by atoms with Gasteiger partial charge in [0, 0.05) is 32.0 Å². The summed E-state index contributed by atoms with van der Waals surface area (Å²) in [5, 5.41) is 11.4. The summed E-state index contributed by atoms with van der Waals surface area (Å²) in [5.41, 5.74) is 4.72. The summed E-state index contributed by atoms with van der Waals surface area (Å²) >= 11 is 0. The SMILES string of the molecule is CC(CCC(=O)N1CC(OCC(=O)O)C1)CNC(=O)OCC1c2ccccc2-c2ccccc21. The highest BCUT2D eigenvalue weighted by atomic mass is 16.5. The molecule has 4 rings (SSSR count). The Hall–Kier alpha value is -3.39. The van der Waals surface area contributed by atoms with Gasteiger partial charge in [0.25, 0.3) is 0 Å². The van der Waals surface area contributed by atoms with Gasteiger partial charge in [0.15, 0.2) is 0 Å². The van der Waals surface area contributed by atoms with Crippen molar-refractivity contribution in [3.8, 4) is 11.1 Å². The first kappa shape index (κ1) is 23.8. The van der Waals surface area contributed by atoms with Gasteiger partial charge in [-0.05, 0) is 34.6 Å². The third-order valence-corrected chi connectivity index (χ3v) is 6.43. The summed E-state index contributed by atoms with van der Waals surface area (Å²) in [6.45, 7) is 3.19. The van der Waals surface area contributed by atoms with E-state index in [1.807, 2.05) is 31.2 Å². The first-order chi connectivity index (χ1) is 16.4. The Morgan fingerprint density at radius 2 is 1.68 bits per heavy atom. The number of ether oxygens (including phenoxy) is 2. The number of carboxylic acid groups (broad SMARTS) is 1. The number of hydrogen-bond acceptors (Lipinski definition) is 5. The Kier molecular flexibility index (Phi) is 7.47. The van der Waals surface area contributed by atoms with Crippen molar-refractivity contribution < 1.29 is 29.0 Å². The minimum absolute atomic E-state index is 0.0168. The summed E-state index contributed by atoms with van der Waals surface area (Å²) in [6.07, 6.45) is 0.354. The van der Waals surface area contributed by atoms with Crippen LogP contribution in [0.3, 0.4) is 0 Å². The molecule has 1 fully saturated rings. The summed E-state index contributed by atoms with van der Waals surface area (Å²) in [7, 11) is 0. The van der Waals surface area contributed by atoms with Crippen LogP contribution >= 0.6 is 0 Å². The number of rotatable bonds is 10. The molecule has 34 heavy (non-hydrogen) atoms. The van der Waals surface area contributed by atoms with Crippen LogP contribution in [0.4, 0.5) is 4.79 Å². The Morgan fingerprint density at radius 3 is 2.29 bits per heavy atom. The number of nitrogens with one attached hydrogen (secondary N) is 1. The fraction of sp³-hybridized carbons (Fsp3) is 0.423. The van der Waals surface area contributed by atoms with Crippen LogP contribution in [0.5, 0.6) is 0 Å². The van der Waals surface area contributed by atoms with Gasteiger partial charge in [0.05, 0.1) is 6.10 Å². The molecule has 180 valence electrons. The van der Waals surface area contributed by atoms with Crippen molar-refractivity contribution >= 4 is 18.0 Å². The van der Waals surface area contributed by atoms with E-state index in [1.54, 1.807) is 4.90 Å². The molecular weight excluding hydrogens is 436 g/mol. The van der Waals surface area contributed by atoms with E-state index in [1.165, 1.54) is 22.3 Å². The number of hydrogen-bond donors (Lipinski definition) is 2. The molecule has 1 heterocycles. The highest BCUT2D eigenvalue weighted by molar-refractivity contribution is 5.79. The summed E-state index contributed by atoms with van der Waals surface area (Å²) in [5.74, 6) is -0.858. The molecule has 8 heteroatoms. The number of alkyl carbamates (subject to hydrolysis) is 1. The standard InChI is InChI=1S/C26H30N2O6/c1-17(10-11-24(29)28-13-18(14-28)33-16-25(30)31)12-27-26(32)34-15-23-21-8-4-2-6-19(21)20-7-3-5-9-22(20)23/h2-9,17-18,23H,10-16H2,1H3,(H,27,32)(H,30,31). The smallest absolute Gasteiger partial charge is 0.407 e. The first-order valence-corrected chi connectivity index (χ1v) is 11.6. The second-order valence-electron chi connectivity index (χ2n) is 8.98. The van der Waals surface area contributed by atoms with Crippen molar-refractivity contribution in [1.82, 2.24) is 10.2 Å². The van der Waals surface area contributed by atoms with Crippen LogP contribution in [0.2, 0.25) is 0 Å². The van der Waals surface area contributed by atoms with Crippen molar-refractivity contribution in [1.29, 1.82) is 0 Å². The number of carbonyl (C=O) groups is 3. The predicted molar refractivity (Wildman–Crippen MR) is 125 cm³/mol. The lowest BCUT2D eigenvalue weighted by Gasteiger charge is -2.38. The molecule has 8 nitrogen and oxygen atoms in total. The molecule has 1 atom stereocenters. The zero-order valence-electron chi connectivity index (χ0n) is 19.2. The Morgan fingerprint density at radius 1 is 1.06 bits per heavy atom. The number of carboxylic acids is 1. The Balaban J connectivity index is 1.15. The molecule has 2 aliphatic rings. The maximum atomic E-state index is 12.3. The lowest BCUT2D eigenvalue weighted by molar-refractivity contribution is -0.154. The summed E-state index contributed by atoms with van der Waals surface area (Å²) < 4.78 is 10.7. The third-order valence-electron chi connectivity index (χ3n) is 6.43. The van der Waals surface area contributed by atoms with Gasteiger partial charge >= 0.3 is 12.1 Å². The minimum Gasteiger partial charge on any atom is -0.480 e. The topological polar surface area (TPSA) is 105 Å². The first-order valence-electron chi connectivity index (χ1n) is 11.6. The highest BCUT2D eigenvalue weighted by Crippen LogP contribution is 2.44. The van der Waals surface area contributed by atoms with Crippen LogP contribution in [0.1, 0.15) is 36.8 Å². The molecule has 1 unspecified atom stereocenters. The van der Waals surface area contributed by atoms with Crippen molar-refractivity contribution in [2.24, 2.45) is 5.92 Å². The van der Waals surface area contributed by atoms with E-state index in [4.69, 9.17) is 14.6 Å². The van der Waals surface area contributed by atoms with Crippen LogP contribution in [0.15, 0.2) is 48.5 Å². The lowest BCUT2D eigenvalue weighted by atomic mass is 9.98. The molecule has 1 aliphatic carbocycles. The monoisotopic (exact) mass is 466 g/mol. The normalized spacial score (nSPS) is 15.7. The van der Waals surface area contributed by atoms with Crippen molar-refractivity contribution in [3.05, 3.63) is 59.7 Å². The molecule has 0 saturated carbocycles. The van der Waals surface area contributed by atoms with E-state index in [0.717, 1.165) is 0 Å². The van der Waals surface area contributed by atoms with E-state index >= 15 is 0 Å². The number of likely N-dealkylation sites (tertiary alicyclic amines) is 1. The number of fused-ring (bicyclic) bond motifs is 3. The Bertz CT molecular complexity index is 1000. The quantitative estimate of drug-likeness (QED) is 0.557. The second kappa shape index (κ2) is 10.7. The van der Waals surface area contributed by atoms with Crippen LogP contribution in [0.25, 0.3) is 11.1 Å². The van der Waals surface area contributed by atoms with Gasteiger partial charge in [-0.2, -0.15) is 0 Å². The van der Waals surface area contributed by atoms with Crippen LogP contribution in [0, 0.1) is 5.92 Å². The molecule has 0 aromatic heterocycles. The van der Waals surface area contributed by atoms with Gasteiger partial charge in [0.2, 0.25) is 5.91 Å². The molecule has 0 radical (unpaired) electrons. The molecule has 2 aromatic carbocycles. The zero-order chi connectivity index (χ0) is 24.1. The molecule has 2 amide bonds. The molecule has 2 aromatic rings. The van der Waals surface area contributed by atoms with E-state index in [-0.39, 0.29) is 37.1 Å². The van der Waals surface area contributed by atoms with E-state index in [2.05, 4.69) is 29.6 Å². The largest absolute Gasteiger partial charge is 0.480 e. The van der Waals surface area contributed by atoms with Gasteiger partial charge in [-0.1, -0.05) is 55.5 Å². The van der Waals surface area contributed by atoms with E-state index in [0.29, 0.717) is 32.5 Å². The van der Waals surface area contributed by atoms with E-state index < -0.39 is 12.1 Å². The fourth-order valence-electron chi connectivity index (χ4n) is 4.47.